The number of epoxide rings is 6. The van der Waals surface area contributed by atoms with Gasteiger partial charge in [-0.15, -0.1) is 23.2 Å². The van der Waals surface area contributed by atoms with Crippen LogP contribution in [0.3, 0.4) is 0 Å². The molecule has 18 atom stereocenters. The second kappa shape index (κ2) is 23.9. The van der Waals surface area contributed by atoms with Crippen molar-refractivity contribution in [3.8, 4) is 0 Å². The number of hydrogen-bond donors (Lipinski definition) is 5. The zero-order chi connectivity index (χ0) is 56.1. The number of aliphatic hydroxyl groups is 4. The van der Waals surface area contributed by atoms with Crippen LogP contribution in [0, 0.1) is 0 Å². The van der Waals surface area contributed by atoms with Crippen molar-refractivity contribution in [1.82, 2.24) is 5.32 Å². The molecule has 5 N–H and O–H groups in total. The Morgan fingerprint density at radius 3 is 1.27 bits per heavy atom. The monoisotopic (exact) mass is 1130 g/mol. The molecule has 77 heavy (non-hydrogen) atoms. The lowest BCUT2D eigenvalue weighted by atomic mass is 9.64. The van der Waals surface area contributed by atoms with Crippen LogP contribution in [-0.2, 0) is 61.7 Å². The molecule has 9 aliphatic rings. The van der Waals surface area contributed by atoms with Crippen molar-refractivity contribution in [3.63, 3.8) is 0 Å². The number of hydrogen-bond acceptors (Lipinski definition) is 18. The van der Waals surface area contributed by atoms with E-state index < -0.39 is 99.0 Å². The second-order valence-corrected chi connectivity index (χ2v) is 24.1. The summed E-state index contributed by atoms with van der Waals surface area (Å²) < 4.78 is 62.8. The van der Waals surface area contributed by atoms with Gasteiger partial charge in [-0.05, 0) is 127 Å². The van der Waals surface area contributed by atoms with Crippen molar-refractivity contribution in [3.05, 3.63) is 34.9 Å². The molecule has 0 bridgehead atoms. The average molecular weight is 1140 g/mol. The number of esters is 1. The first-order valence-corrected chi connectivity index (χ1v) is 27.9. The number of alkyl carbamates (subject to hydrolysis) is 1. The van der Waals surface area contributed by atoms with Crippen LogP contribution in [0.25, 0.3) is 0 Å². The summed E-state index contributed by atoms with van der Waals surface area (Å²) in [6, 6.07) is 0. The highest BCUT2D eigenvalue weighted by Gasteiger charge is 2.84. The fourth-order valence-electron chi connectivity index (χ4n) is 12.9. The quantitative estimate of drug-likeness (QED) is 0.0442. The fourth-order valence-corrected chi connectivity index (χ4v) is 13.1. The van der Waals surface area contributed by atoms with Crippen LogP contribution < -0.4 is 5.32 Å². The number of ether oxygens (including phenoxy) is 11. The van der Waals surface area contributed by atoms with E-state index in [1.54, 1.807) is 0 Å². The Morgan fingerprint density at radius 1 is 0.597 bits per heavy atom. The number of carbonyl (C=O) groups is 3. The largest absolute Gasteiger partial charge is 0.459 e. The van der Waals surface area contributed by atoms with Gasteiger partial charge in [-0.2, -0.15) is 0 Å². The van der Waals surface area contributed by atoms with Gasteiger partial charge in [-0.1, -0.05) is 42.4 Å². The van der Waals surface area contributed by atoms with Crippen molar-refractivity contribution in [2.24, 2.45) is 0 Å². The molecular formula is C56H89Cl2NO18. The molecule has 6 aliphatic heterocycles. The number of allylic oxidation sites excluding steroid dienone is 3. The number of alkyl halides is 2. The first-order chi connectivity index (χ1) is 35.7. The van der Waals surface area contributed by atoms with Crippen molar-refractivity contribution in [1.29, 1.82) is 0 Å². The predicted molar refractivity (Wildman–Crippen MR) is 285 cm³/mol. The second-order valence-electron chi connectivity index (χ2n) is 23.4. The molecule has 6 saturated heterocycles. The fraction of sp³-hybridized carbons (Fsp3) is 0.839. The van der Waals surface area contributed by atoms with E-state index in [0.29, 0.717) is 83.5 Å². The molecule has 0 aromatic heterocycles. The minimum Gasteiger partial charge on any atom is -0.459 e. The summed E-state index contributed by atoms with van der Waals surface area (Å²) in [6.07, 6.45) is 6.96. The van der Waals surface area contributed by atoms with Gasteiger partial charge in [0.25, 0.3) is 0 Å². The van der Waals surface area contributed by atoms with Gasteiger partial charge in [0.1, 0.15) is 70.0 Å². The van der Waals surface area contributed by atoms with E-state index in [1.165, 1.54) is 32.5 Å². The zero-order valence-electron chi connectivity index (χ0n) is 46.5. The number of nitrogens with one attached hydrogen (secondary N) is 1. The van der Waals surface area contributed by atoms with Crippen molar-refractivity contribution < 1.29 is 86.9 Å². The normalized spacial score (nSPS) is 44.1. The van der Waals surface area contributed by atoms with E-state index in [2.05, 4.69) is 18.2 Å². The lowest BCUT2D eigenvalue weighted by Gasteiger charge is -2.49. The van der Waals surface area contributed by atoms with E-state index in [1.807, 2.05) is 67.6 Å². The Morgan fingerprint density at radius 2 is 0.948 bits per heavy atom. The molecule has 19 nitrogen and oxygen atoms in total. The third kappa shape index (κ3) is 11.6. The highest BCUT2D eigenvalue weighted by atomic mass is 35.5. The molecule has 6 heterocycles. The molecule has 3 saturated carbocycles. The van der Waals surface area contributed by atoms with Gasteiger partial charge in [0.15, 0.2) is 16.8 Å². The summed E-state index contributed by atoms with van der Waals surface area (Å²) >= 11 is 11.1. The van der Waals surface area contributed by atoms with E-state index in [9.17, 15) is 34.8 Å². The van der Waals surface area contributed by atoms with Crippen LogP contribution in [0.2, 0.25) is 0 Å². The Labute approximate surface area is 465 Å². The van der Waals surface area contributed by atoms with Crippen LogP contribution in [0.4, 0.5) is 4.79 Å². The summed E-state index contributed by atoms with van der Waals surface area (Å²) in [5.41, 5.74) is -5.16. The van der Waals surface area contributed by atoms with Gasteiger partial charge in [-0.25, -0.2) is 4.79 Å². The van der Waals surface area contributed by atoms with Gasteiger partial charge >= 0.3 is 12.1 Å². The summed E-state index contributed by atoms with van der Waals surface area (Å²) in [5, 5.41) is 47.5. The maximum Gasteiger partial charge on any atom is 0.414 e. The summed E-state index contributed by atoms with van der Waals surface area (Å²) in [5.74, 6) is -0.924. The number of halogens is 2. The van der Waals surface area contributed by atoms with Crippen LogP contribution in [0.5, 0.6) is 0 Å². The molecule has 9 rings (SSSR count). The molecule has 0 aromatic carbocycles. The molecule has 21 heteroatoms. The standard InChI is InChI=1S/C20H31ClO6.C19H28ClNO7.C16H26O5.CH4/c1-13(2)7-8-15-18(3,27-15)20(23)17(24-4)14(9-10-19(20)12-25-19)26-16(22)6-5-11-21;1-11(2)5-6-13-17(3,28-13)19(24)15(25-4)12(7-8-18(19)10-26-18)27-16(23)21-14(22)9-20;1-10(2)5-6-12-14(3,21-12)16(18)13(19-4)11(17)7-8-15(16)9-20-15;/h7,14-15,17,23H,5-6,8-12H2,1-4H3;5,12-13,15,24H,6-10H2,1-4H3,(H,21,22,23);5,11-13,17-18H,6-9H2,1-4H3;1H4/t14-,15-,17-,18+,19+,20+;12-,13-,15-,17+,18+,19+;11-,12-,13-,14+,15+,16+;/m111./s1. The molecule has 2 amide bonds. The van der Waals surface area contributed by atoms with Crippen molar-refractivity contribution in [2.45, 2.75) is 246 Å². The van der Waals surface area contributed by atoms with E-state index >= 15 is 0 Å². The van der Waals surface area contributed by atoms with Gasteiger partial charge in [0.2, 0.25) is 5.91 Å². The Kier molecular flexibility index (Phi) is 19.8. The van der Waals surface area contributed by atoms with E-state index in [4.69, 9.17) is 75.3 Å². The highest BCUT2D eigenvalue weighted by molar-refractivity contribution is 6.28. The van der Waals surface area contributed by atoms with Crippen molar-refractivity contribution >= 4 is 41.2 Å². The Hall–Kier alpha value is -2.31. The molecular weight excluding hydrogens is 1050 g/mol. The smallest absolute Gasteiger partial charge is 0.414 e. The lowest BCUT2D eigenvalue weighted by Crippen LogP contribution is -2.70. The van der Waals surface area contributed by atoms with Gasteiger partial charge in [0, 0.05) is 33.6 Å². The minimum absolute atomic E-state index is 0. The third-order valence-electron chi connectivity index (χ3n) is 17.8. The third-order valence-corrected chi connectivity index (χ3v) is 18.3. The number of methoxy groups -OCH3 is 3. The van der Waals surface area contributed by atoms with Crippen LogP contribution in [-0.4, -0.2) is 197 Å². The number of carbonyl (C=O) groups excluding carboxylic acids is 3. The molecule has 0 aromatic rings. The summed E-state index contributed by atoms with van der Waals surface area (Å²) in [4.78, 5) is 35.5. The number of imide groups is 1. The van der Waals surface area contributed by atoms with Crippen molar-refractivity contribution in [2.75, 3.05) is 52.9 Å². The van der Waals surface area contributed by atoms with E-state index in [-0.39, 0.29) is 44.0 Å². The first kappa shape index (κ1) is 63.9. The SMILES string of the molecule is C.CO[C@@H]1[C@H](O)CC[C@]2(CO2)[C@@]1(O)[C@@]1(C)O[C@@H]1CC=C(C)C.CO[C@@H]1[C@H](OC(=O)CCCCl)CC[C@]2(CO2)[C@@]1(O)[C@@]1(C)O[C@@H]1CC=C(C)C.CO[C@@H]1[C@H](OC(=O)NC(=O)CCl)CC[C@]2(CO2)[C@@]1(O)[C@@]1(C)O[C@@H]1CC=C(C)C. The average Bonchev–Trinajstić information content (AvgIpc) is 4.11. The maximum atomic E-state index is 12.1. The Bertz CT molecular complexity index is 2210. The first-order valence-electron chi connectivity index (χ1n) is 26.8. The zero-order valence-corrected chi connectivity index (χ0v) is 48.0. The topological polar surface area (TPSA) is 265 Å². The van der Waals surface area contributed by atoms with Gasteiger partial charge < -0.3 is 72.5 Å². The predicted octanol–water partition coefficient (Wildman–Crippen LogP) is 6.22. The molecule has 9 fully saturated rings. The minimum atomic E-state index is -1.51. The lowest BCUT2D eigenvalue weighted by molar-refractivity contribution is -0.231. The highest BCUT2D eigenvalue weighted by Crippen LogP contribution is 2.65. The summed E-state index contributed by atoms with van der Waals surface area (Å²) in [7, 11) is 4.51. The number of rotatable bonds is 18. The van der Waals surface area contributed by atoms with Crippen LogP contribution >= 0.6 is 23.2 Å². The maximum absolute atomic E-state index is 12.1. The molecule has 440 valence electrons. The van der Waals surface area contributed by atoms with Crippen LogP contribution in [0.15, 0.2) is 34.9 Å². The van der Waals surface area contributed by atoms with Gasteiger partial charge in [-0.3, -0.25) is 14.9 Å². The molecule has 0 unspecified atom stereocenters. The van der Waals surface area contributed by atoms with E-state index in [0.717, 1.165) is 12.0 Å². The molecule has 3 aliphatic carbocycles. The summed E-state index contributed by atoms with van der Waals surface area (Å²) in [6.45, 7) is 19.2. The number of aliphatic hydroxyl groups excluding tert-OH is 1. The molecule has 3 spiro atoms. The van der Waals surface area contributed by atoms with Gasteiger partial charge in [0.05, 0.1) is 44.2 Å². The molecule has 0 radical (unpaired) electrons. The number of amides is 2. The Balaban J connectivity index is 0.000000188. The van der Waals surface area contributed by atoms with Crippen LogP contribution in [0.1, 0.15) is 140 Å².